The quantitative estimate of drug-likeness (QED) is 0.417. The van der Waals surface area contributed by atoms with Crippen LogP contribution in [0.1, 0.15) is 65.9 Å². The maximum Gasteiger partial charge on any atom is 0.416 e. The molecule has 2 unspecified atom stereocenters. The molecule has 1 aliphatic heterocycles. The SMILES string of the molecule is CCN1C(=O)C(NC(=O)c2cccc(C(F)(F)F)c2)C(c2ccc(F)cc2)c2c(C)nn(CCC(C)(C)O)c21. The summed E-state index contributed by atoms with van der Waals surface area (Å²) in [6.45, 7) is 7.38. The number of aromatic nitrogens is 2. The van der Waals surface area contributed by atoms with E-state index >= 15 is 0 Å². The molecule has 1 aliphatic rings. The van der Waals surface area contributed by atoms with Crippen molar-refractivity contribution < 1.29 is 32.3 Å². The summed E-state index contributed by atoms with van der Waals surface area (Å²) in [5.41, 5.74) is -0.488. The van der Waals surface area contributed by atoms with Crippen LogP contribution in [-0.4, -0.2) is 44.9 Å². The molecule has 1 aromatic heterocycles. The smallest absolute Gasteiger partial charge is 0.390 e. The van der Waals surface area contributed by atoms with Crippen molar-refractivity contribution in [3.05, 3.63) is 82.3 Å². The van der Waals surface area contributed by atoms with E-state index in [0.29, 0.717) is 35.6 Å². The molecule has 39 heavy (non-hydrogen) atoms. The van der Waals surface area contributed by atoms with Crippen molar-refractivity contribution >= 4 is 17.6 Å². The predicted octanol–water partition coefficient (Wildman–Crippen LogP) is 4.81. The number of carbonyl (C=O) groups is 2. The molecule has 3 aromatic rings. The van der Waals surface area contributed by atoms with E-state index in [9.17, 15) is 32.3 Å². The van der Waals surface area contributed by atoms with E-state index in [1.165, 1.54) is 35.2 Å². The van der Waals surface area contributed by atoms with Crippen molar-refractivity contribution in [2.75, 3.05) is 11.4 Å². The lowest BCUT2D eigenvalue weighted by molar-refractivity contribution is -0.137. The Morgan fingerprint density at radius 1 is 1.13 bits per heavy atom. The van der Waals surface area contributed by atoms with E-state index in [0.717, 1.165) is 18.2 Å². The lowest BCUT2D eigenvalue weighted by atomic mass is 9.81. The third kappa shape index (κ3) is 5.83. The van der Waals surface area contributed by atoms with Crippen LogP contribution in [0.3, 0.4) is 0 Å². The first kappa shape index (κ1) is 28.3. The van der Waals surface area contributed by atoms with Gasteiger partial charge in [0.05, 0.1) is 16.9 Å². The third-order valence-corrected chi connectivity index (χ3v) is 6.80. The van der Waals surface area contributed by atoms with E-state index in [4.69, 9.17) is 0 Å². The molecule has 2 aromatic carbocycles. The van der Waals surface area contributed by atoms with E-state index in [2.05, 4.69) is 10.4 Å². The molecule has 0 spiro atoms. The third-order valence-electron chi connectivity index (χ3n) is 6.80. The van der Waals surface area contributed by atoms with E-state index < -0.39 is 46.9 Å². The molecule has 0 bridgehead atoms. The lowest BCUT2D eigenvalue weighted by Gasteiger charge is -2.38. The number of nitrogens with one attached hydrogen (secondary N) is 1. The molecule has 7 nitrogen and oxygen atoms in total. The Kier molecular flexibility index (Phi) is 7.57. The molecule has 0 radical (unpaired) electrons. The monoisotopic (exact) mass is 546 g/mol. The number of benzene rings is 2. The van der Waals surface area contributed by atoms with Gasteiger partial charge in [-0.05, 0) is 70.0 Å². The molecule has 2 atom stereocenters. The number of hydrogen-bond donors (Lipinski definition) is 2. The fraction of sp³-hybridized carbons (Fsp3) is 0.393. The zero-order chi connectivity index (χ0) is 28.7. The van der Waals surface area contributed by atoms with Gasteiger partial charge in [-0.2, -0.15) is 18.3 Å². The number of carbonyl (C=O) groups excluding carboxylic acids is 2. The molecule has 0 aliphatic carbocycles. The normalized spacial score (nSPS) is 17.8. The predicted molar refractivity (Wildman–Crippen MR) is 137 cm³/mol. The van der Waals surface area contributed by atoms with Crippen LogP contribution in [0.25, 0.3) is 0 Å². The van der Waals surface area contributed by atoms with Crippen LogP contribution in [0.15, 0.2) is 48.5 Å². The molecule has 2 amide bonds. The zero-order valence-electron chi connectivity index (χ0n) is 22.0. The molecule has 4 rings (SSSR count). The van der Waals surface area contributed by atoms with Gasteiger partial charge in [-0.1, -0.05) is 18.2 Å². The van der Waals surface area contributed by atoms with Crippen LogP contribution in [0.5, 0.6) is 0 Å². The Bertz CT molecular complexity index is 1380. The van der Waals surface area contributed by atoms with Crippen molar-refractivity contribution in [1.82, 2.24) is 15.1 Å². The lowest BCUT2D eigenvalue weighted by Crippen LogP contribution is -2.55. The van der Waals surface area contributed by atoms with Gasteiger partial charge in [0.1, 0.15) is 17.7 Å². The molecule has 2 N–H and O–H groups in total. The first-order valence-electron chi connectivity index (χ1n) is 12.6. The van der Waals surface area contributed by atoms with Gasteiger partial charge < -0.3 is 10.4 Å². The summed E-state index contributed by atoms with van der Waals surface area (Å²) in [5.74, 6) is -2.11. The summed E-state index contributed by atoms with van der Waals surface area (Å²) in [7, 11) is 0. The molecule has 208 valence electrons. The van der Waals surface area contributed by atoms with E-state index in [1.54, 1.807) is 32.4 Å². The molecule has 0 saturated heterocycles. The number of halogens is 4. The molecule has 11 heteroatoms. The standard InChI is InChI=1S/C28H30F4N4O3/c1-5-35-25-21(16(2)34-36(25)14-13-27(3,4)39)22(17-9-11-20(29)12-10-17)23(26(35)38)33-24(37)18-7-6-8-19(15-18)28(30,31)32/h6-12,15,22-23,39H,5,13-14H2,1-4H3,(H,33,37). The average molecular weight is 547 g/mol. The van der Waals surface area contributed by atoms with E-state index in [1.807, 2.05) is 0 Å². The number of anilines is 1. The Hall–Kier alpha value is -3.73. The highest BCUT2D eigenvalue weighted by atomic mass is 19.4. The van der Waals surface area contributed by atoms with Crippen LogP contribution in [0, 0.1) is 12.7 Å². The van der Waals surface area contributed by atoms with Gasteiger partial charge in [0, 0.05) is 30.1 Å². The number of rotatable bonds is 7. The van der Waals surface area contributed by atoms with Gasteiger partial charge in [0.25, 0.3) is 11.8 Å². The molecular formula is C28H30F4N4O3. The summed E-state index contributed by atoms with van der Waals surface area (Å²) >= 11 is 0. The Morgan fingerprint density at radius 2 is 1.79 bits per heavy atom. The highest BCUT2D eigenvalue weighted by Crippen LogP contribution is 2.42. The highest BCUT2D eigenvalue weighted by Gasteiger charge is 2.45. The van der Waals surface area contributed by atoms with Gasteiger partial charge in [0.15, 0.2) is 0 Å². The number of nitrogens with zero attached hydrogens (tertiary/aromatic N) is 3. The van der Waals surface area contributed by atoms with Crippen molar-refractivity contribution in [3.8, 4) is 0 Å². The van der Waals surface area contributed by atoms with Gasteiger partial charge in [0.2, 0.25) is 0 Å². The topological polar surface area (TPSA) is 87.5 Å². The minimum Gasteiger partial charge on any atom is -0.390 e. The van der Waals surface area contributed by atoms with Crippen molar-refractivity contribution in [1.29, 1.82) is 0 Å². The minimum absolute atomic E-state index is 0.228. The van der Waals surface area contributed by atoms with Crippen molar-refractivity contribution in [2.45, 2.75) is 64.4 Å². The summed E-state index contributed by atoms with van der Waals surface area (Å²) in [5, 5.41) is 17.6. The minimum atomic E-state index is -4.64. The van der Waals surface area contributed by atoms with Crippen molar-refractivity contribution in [3.63, 3.8) is 0 Å². The Morgan fingerprint density at radius 3 is 2.38 bits per heavy atom. The fourth-order valence-electron chi connectivity index (χ4n) is 4.89. The van der Waals surface area contributed by atoms with E-state index in [-0.39, 0.29) is 12.1 Å². The van der Waals surface area contributed by atoms with Crippen LogP contribution >= 0.6 is 0 Å². The first-order chi connectivity index (χ1) is 18.2. The Labute approximate surface area is 223 Å². The summed E-state index contributed by atoms with van der Waals surface area (Å²) in [6.07, 6.45) is -4.29. The summed E-state index contributed by atoms with van der Waals surface area (Å²) < 4.78 is 55.3. The summed E-state index contributed by atoms with van der Waals surface area (Å²) in [4.78, 5) is 28.6. The maximum absolute atomic E-state index is 13.9. The molecule has 0 saturated carbocycles. The first-order valence-corrected chi connectivity index (χ1v) is 12.6. The molecule has 0 fully saturated rings. The number of hydrogen-bond acceptors (Lipinski definition) is 4. The van der Waals surface area contributed by atoms with Crippen LogP contribution in [0.4, 0.5) is 23.4 Å². The van der Waals surface area contributed by atoms with Gasteiger partial charge in [-0.25, -0.2) is 9.07 Å². The van der Waals surface area contributed by atoms with Crippen molar-refractivity contribution in [2.24, 2.45) is 0 Å². The van der Waals surface area contributed by atoms with Gasteiger partial charge in [-0.3, -0.25) is 14.5 Å². The largest absolute Gasteiger partial charge is 0.416 e. The fourth-order valence-corrected chi connectivity index (χ4v) is 4.89. The Balaban J connectivity index is 1.82. The number of aryl methyl sites for hydroxylation is 2. The summed E-state index contributed by atoms with van der Waals surface area (Å²) in [6, 6.07) is 8.27. The average Bonchev–Trinajstić information content (AvgIpc) is 3.18. The van der Waals surface area contributed by atoms with Crippen LogP contribution < -0.4 is 10.2 Å². The zero-order valence-corrected chi connectivity index (χ0v) is 22.0. The number of likely N-dealkylation sites (N-methyl/N-ethyl adjacent to an activating group) is 1. The van der Waals surface area contributed by atoms with Gasteiger partial charge in [-0.15, -0.1) is 0 Å². The number of aliphatic hydroxyl groups is 1. The maximum atomic E-state index is 13.9. The number of fused-ring (bicyclic) bond motifs is 1. The number of alkyl halides is 3. The second-order valence-electron chi connectivity index (χ2n) is 10.2. The second-order valence-corrected chi connectivity index (χ2v) is 10.2. The second kappa shape index (κ2) is 10.4. The van der Waals surface area contributed by atoms with Crippen LogP contribution in [-0.2, 0) is 17.5 Å². The molecule has 2 heterocycles. The highest BCUT2D eigenvalue weighted by molar-refractivity contribution is 6.05. The van der Waals surface area contributed by atoms with Gasteiger partial charge >= 0.3 is 6.18 Å². The molecular weight excluding hydrogens is 516 g/mol. The van der Waals surface area contributed by atoms with Crippen LogP contribution in [0.2, 0.25) is 0 Å². The number of amides is 2.